The van der Waals surface area contributed by atoms with E-state index in [2.05, 4.69) is 20.6 Å². The van der Waals surface area contributed by atoms with Crippen molar-refractivity contribution in [2.75, 3.05) is 16.4 Å². The summed E-state index contributed by atoms with van der Waals surface area (Å²) in [4.78, 5) is 33.8. The number of carbonyl (C=O) groups is 2. The molecule has 2 heterocycles. The third-order valence-electron chi connectivity index (χ3n) is 5.02. The molecular weight excluding hydrogens is 473 g/mol. The fourth-order valence-electron chi connectivity index (χ4n) is 3.38. The number of anilines is 2. The molecule has 2 N–H and O–H groups in total. The van der Waals surface area contributed by atoms with Gasteiger partial charge in [0.05, 0.1) is 17.6 Å². The molecule has 0 bridgehead atoms. The molecule has 0 unspecified atom stereocenters. The molecule has 0 radical (unpaired) electrons. The van der Waals surface area contributed by atoms with Gasteiger partial charge in [0, 0.05) is 17.3 Å². The number of benzene rings is 2. The maximum absolute atomic E-state index is 13.4. The van der Waals surface area contributed by atoms with Gasteiger partial charge in [0.1, 0.15) is 12.4 Å². The highest BCUT2D eigenvalue weighted by Gasteiger charge is 2.18. The second kappa shape index (κ2) is 10.6. The van der Waals surface area contributed by atoms with Gasteiger partial charge in [-0.25, -0.2) is 14.4 Å². The van der Waals surface area contributed by atoms with Crippen LogP contribution in [0.1, 0.15) is 11.1 Å². The number of hydrogen-bond donors (Lipinski definition) is 2. The summed E-state index contributed by atoms with van der Waals surface area (Å²) in [5, 5.41) is 8.49. The first-order valence-electron chi connectivity index (χ1n) is 10.4. The Morgan fingerprint density at radius 2 is 1.76 bits per heavy atom. The first kappa shape index (κ1) is 23.7. The van der Waals surface area contributed by atoms with Crippen LogP contribution in [0.5, 0.6) is 0 Å². The van der Waals surface area contributed by atoms with E-state index < -0.39 is 0 Å². The predicted octanol–water partition coefficient (Wildman–Crippen LogP) is 5.13. The number of nitrogens with zero attached hydrogens (tertiary/aromatic N) is 3. The van der Waals surface area contributed by atoms with Crippen molar-refractivity contribution in [2.24, 2.45) is 0 Å². The highest BCUT2D eigenvalue weighted by molar-refractivity contribution is 7.99. The van der Waals surface area contributed by atoms with Gasteiger partial charge < -0.3 is 15.2 Å². The Kier molecular flexibility index (Phi) is 7.39. The zero-order valence-corrected chi connectivity index (χ0v) is 20.2. The maximum atomic E-state index is 13.4. The minimum absolute atomic E-state index is 0.0346. The van der Waals surface area contributed by atoms with Crippen molar-refractivity contribution < 1.29 is 14.0 Å². The fourth-order valence-corrected chi connectivity index (χ4v) is 4.71. The van der Waals surface area contributed by atoms with E-state index in [-0.39, 0.29) is 29.9 Å². The van der Waals surface area contributed by atoms with Crippen LogP contribution in [-0.2, 0) is 16.1 Å². The van der Waals surface area contributed by atoms with E-state index in [1.807, 2.05) is 32.0 Å². The van der Waals surface area contributed by atoms with Crippen LogP contribution in [0.3, 0.4) is 0 Å². The van der Waals surface area contributed by atoms with Crippen molar-refractivity contribution in [3.8, 4) is 11.3 Å². The van der Waals surface area contributed by atoms with Crippen molar-refractivity contribution in [1.82, 2.24) is 14.5 Å². The number of thiazole rings is 1. The van der Waals surface area contributed by atoms with Gasteiger partial charge in [-0.1, -0.05) is 30.0 Å². The molecule has 174 valence electrons. The van der Waals surface area contributed by atoms with Crippen molar-refractivity contribution in [3.05, 3.63) is 77.2 Å². The molecule has 0 atom stereocenters. The van der Waals surface area contributed by atoms with Gasteiger partial charge in [-0.3, -0.25) is 9.59 Å². The van der Waals surface area contributed by atoms with Crippen LogP contribution in [0, 0.1) is 19.7 Å². The second-order valence-corrected chi connectivity index (χ2v) is 9.35. The van der Waals surface area contributed by atoms with E-state index in [9.17, 15) is 14.0 Å². The molecule has 0 aliphatic heterocycles. The quantitative estimate of drug-likeness (QED) is 0.331. The molecule has 10 heteroatoms. The summed E-state index contributed by atoms with van der Waals surface area (Å²) in [6.45, 7) is 3.85. The van der Waals surface area contributed by atoms with Gasteiger partial charge in [0.2, 0.25) is 11.8 Å². The minimum atomic E-state index is -0.353. The standard InChI is InChI=1S/C24H22FN5O2S2/c1-15-4-3-5-16(2)22(15)28-21(32)14-34-24-27-12-19(17-6-8-18(25)9-7-17)30(24)13-20(31)29-23-26-10-11-33-23/h3-12H,13-14H2,1-2H3,(H,28,32)(H,26,29,31). The van der Waals surface area contributed by atoms with Crippen LogP contribution in [-0.4, -0.2) is 32.1 Å². The van der Waals surface area contributed by atoms with E-state index >= 15 is 0 Å². The lowest BCUT2D eigenvalue weighted by molar-refractivity contribution is -0.117. The summed E-state index contributed by atoms with van der Waals surface area (Å²) in [6, 6.07) is 11.8. The van der Waals surface area contributed by atoms with Gasteiger partial charge in [0.25, 0.3) is 0 Å². The average molecular weight is 496 g/mol. The molecule has 34 heavy (non-hydrogen) atoms. The Balaban J connectivity index is 1.53. The third-order valence-corrected chi connectivity index (χ3v) is 6.70. The maximum Gasteiger partial charge on any atom is 0.246 e. The summed E-state index contributed by atoms with van der Waals surface area (Å²) >= 11 is 2.55. The second-order valence-electron chi connectivity index (χ2n) is 7.51. The molecule has 0 saturated carbocycles. The number of aryl methyl sites for hydroxylation is 2. The Bertz CT molecular complexity index is 1280. The fraction of sp³-hybridized carbons (Fsp3) is 0.167. The first-order chi connectivity index (χ1) is 16.4. The lowest BCUT2D eigenvalue weighted by Gasteiger charge is -2.13. The van der Waals surface area contributed by atoms with E-state index in [0.717, 1.165) is 16.8 Å². The molecule has 4 aromatic rings. The lowest BCUT2D eigenvalue weighted by Crippen LogP contribution is -2.20. The van der Waals surface area contributed by atoms with Crippen LogP contribution >= 0.6 is 23.1 Å². The SMILES string of the molecule is Cc1cccc(C)c1NC(=O)CSc1ncc(-c2ccc(F)cc2)n1CC(=O)Nc1nccs1. The molecule has 0 aliphatic carbocycles. The molecule has 4 rings (SSSR count). The highest BCUT2D eigenvalue weighted by Crippen LogP contribution is 2.27. The van der Waals surface area contributed by atoms with Crippen molar-refractivity contribution in [2.45, 2.75) is 25.5 Å². The third kappa shape index (κ3) is 5.70. The van der Waals surface area contributed by atoms with Crippen LogP contribution in [0.15, 0.2) is 65.4 Å². The van der Waals surface area contributed by atoms with Crippen molar-refractivity contribution >= 4 is 45.7 Å². The molecule has 2 aromatic carbocycles. The van der Waals surface area contributed by atoms with E-state index in [4.69, 9.17) is 0 Å². The number of nitrogens with one attached hydrogen (secondary N) is 2. The molecular formula is C24H22FN5O2S2. The topological polar surface area (TPSA) is 88.9 Å². The number of thioether (sulfide) groups is 1. The molecule has 7 nitrogen and oxygen atoms in total. The molecule has 0 saturated heterocycles. The number of aromatic nitrogens is 3. The van der Waals surface area contributed by atoms with Gasteiger partial charge >= 0.3 is 0 Å². The predicted molar refractivity (Wildman–Crippen MR) is 134 cm³/mol. The molecule has 2 amide bonds. The summed E-state index contributed by atoms with van der Waals surface area (Å²) < 4.78 is 15.1. The van der Waals surface area contributed by atoms with E-state index in [0.29, 0.717) is 21.5 Å². The van der Waals surface area contributed by atoms with Crippen molar-refractivity contribution in [3.63, 3.8) is 0 Å². The van der Waals surface area contributed by atoms with Gasteiger partial charge in [-0.2, -0.15) is 0 Å². The Morgan fingerprint density at radius 3 is 2.44 bits per heavy atom. The summed E-state index contributed by atoms with van der Waals surface area (Å²) in [7, 11) is 0. The zero-order valence-electron chi connectivity index (χ0n) is 18.5. The number of para-hydroxylation sites is 1. The molecule has 0 aliphatic rings. The normalized spacial score (nSPS) is 10.8. The van der Waals surface area contributed by atoms with Crippen LogP contribution in [0.25, 0.3) is 11.3 Å². The number of imidazole rings is 1. The van der Waals surface area contributed by atoms with Crippen LogP contribution < -0.4 is 10.6 Å². The molecule has 0 spiro atoms. The monoisotopic (exact) mass is 495 g/mol. The summed E-state index contributed by atoms with van der Waals surface area (Å²) in [5.74, 6) is -0.693. The zero-order chi connectivity index (χ0) is 24.1. The van der Waals surface area contributed by atoms with E-state index in [1.165, 1.54) is 35.2 Å². The van der Waals surface area contributed by atoms with Gasteiger partial charge in [-0.15, -0.1) is 11.3 Å². The number of amides is 2. The Morgan fingerprint density at radius 1 is 1.03 bits per heavy atom. The van der Waals surface area contributed by atoms with Gasteiger partial charge in [-0.05, 0) is 54.8 Å². The number of carbonyl (C=O) groups excluding carboxylic acids is 2. The molecule has 2 aromatic heterocycles. The van der Waals surface area contributed by atoms with Crippen LogP contribution in [0.2, 0.25) is 0 Å². The number of rotatable bonds is 8. The highest BCUT2D eigenvalue weighted by atomic mass is 32.2. The van der Waals surface area contributed by atoms with E-state index in [1.54, 1.807) is 34.5 Å². The minimum Gasteiger partial charge on any atom is -0.325 e. The van der Waals surface area contributed by atoms with Crippen LogP contribution in [0.4, 0.5) is 15.2 Å². The first-order valence-corrected chi connectivity index (χ1v) is 12.3. The Hall–Kier alpha value is -3.50. The molecule has 0 fully saturated rings. The lowest BCUT2D eigenvalue weighted by atomic mass is 10.1. The van der Waals surface area contributed by atoms with Crippen molar-refractivity contribution in [1.29, 1.82) is 0 Å². The average Bonchev–Trinajstić information content (AvgIpc) is 3.45. The number of halogens is 1. The smallest absolute Gasteiger partial charge is 0.246 e. The summed E-state index contributed by atoms with van der Waals surface area (Å²) in [6.07, 6.45) is 3.23. The summed E-state index contributed by atoms with van der Waals surface area (Å²) in [5.41, 5.74) is 4.12. The largest absolute Gasteiger partial charge is 0.325 e. The van der Waals surface area contributed by atoms with Gasteiger partial charge in [0.15, 0.2) is 10.3 Å². The Labute approximate surface area is 204 Å². The number of hydrogen-bond acceptors (Lipinski definition) is 6.